The van der Waals surface area contributed by atoms with E-state index in [4.69, 9.17) is 29.9 Å². The Labute approximate surface area is 353 Å². The van der Waals surface area contributed by atoms with Gasteiger partial charge in [-0.2, -0.15) is 0 Å². The van der Waals surface area contributed by atoms with E-state index in [1.165, 1.54) is 33.4 Å². The predicted octanol–water partition coefficient (Wildman–Crippen LogP) is 12.2. The van der Waals surface area contributed by atoms with Gasteiger partial charge in [-0.05, 0) is 45.5 Å². The van der Waals surface area contributed by atoms with Gasteiger partial charge in [-0.15, -0.1) is 0 Å². The molecule has 0 radical (unpaired) electrons. The molecule has 0 amide bonds. The molecular weight excluding hydrogens is 745 g/mol. The van der Waals surface area contributed by atoms with Crippen molar-refractivity contribution in [2.24, 2.45) is 5.92 Å². The van der Waals surface area contributed by atoms with Crippen LogP contribution in [-0.2, 0) is 5.41 Å². The van der Waals surface area contributed by atoms with E-state index in [9.17, 15) is 0 Å². The third-order valence-corrected chi connectivity index (χ3v) is 12.5. The van der Waals surface area contributed by atoms with E-state index in [0.29, 0.717) is 34.9 Å². The number of rotatable bonds is 6. The molecule has 12 rings (SSSR count). The molecule has 3 aliphatic rings. The molecule has 3 aliphatic carbocycles. The van der Waals surface area contributed by atoms with Gasteiger partial charge in [-0.1, -0.05) is 194 Å². The molecule has 0 aliphatic heterocycles. The van der Waals surface area contributed by atoms with Crippen molar-refractivity contribution in [3.63, 3.8) is 0 Å². The van der Waals surface area contributed by atoms with Crippen LogP contribution in [0.3, 0.4) is 0 Å². The number of fused-ring (bicyclic) bond motifs is 10. The Hall–Kier alpha value is -7.96. The van der Waals surface area contributed by atoms with Crippen molar-refractivity contribution in [1.29, 1.82) is 0 Å². The lowest BCUT2D eigenvalue weighted by Gasteiger charge is -2.36. The maximum atomic E-state index is 5.17. The Morgan fingerprint density at radius 2 is 0.705 bits per heavy atom. The van der Waals surface area contributed by atoms with Crippen molar-refractivity contribution < 1.29 is 0 Å². The molecule has 0 saturated carbocycles. The average Bonchev–Trinajstić information content (AvgIpc) is 3.81. The first-order chi connectivity index (χ1) is 30.2. The summed E-state index contributed by atoms with van der Waals surface area (Å²) in [6.45, 7) is 0. The van der Waals surface area contributed by atoms with Crippen molar-refractivity contribution in [3.8, 4) is 79.5 Å². The average molecular weight is 781 g/mol. The molecule has 3 unspecified atom stereocenters. The van der Waals surface area contributed by atoms with E-state index in [-0.39, 0.29) is 11.8 Å². The molecule has 0 N–H and O–H groups in total. The second-order valence-electron chi connectivity index (χ2n) is 15.8. The van der Waals surface area contributed by atoms with Crippen molar-refractivity contribution in [2.45, 2.75) is 11.3 Å². The third kappa shape index (κ3) is 5.64. The lowest BCUT2D eigenvalue weighted by Crippen LogP contribution is -2.33. The number of nitrogens with zero attached hydrogens (tertiary/aromatic N) is 6. The lowest BCUT2D eigenvalue weighted by atomic mass is 9.65. The summed E-state index contributed by atoms with van der Waals surface area (Å²) in [5, 5.41) is 0. The van der Waals surface area contributed by atoms with Gasteiger partial charge >= 0.3 is 0 Å². The van der Waals surface area contributed by atoms with Gasteiger partial charge in [0.25, 0.3) is 0 Å². The minimum atomic E-state index is -0.520. The van der Waals surface area contributed by atoms with E-state index in [1.807, 2.05) is 72.8 Å². The topological polar surface area (TPSA) is 77.3 Å². The molecule has 0 bridgehead atoms. The molecule has 6 nitrogen and oxygen atoms in total. The van der Waals surface area contributed by atoms with Crippen LogP contribution in [0.25, 0.3) is 79.5 Å². The van der Waals surface area contributed by atoms with Crippen LogP contribution in [0.4, 0.5) is 0 Å². The summed E-state index contributed by atoms with van der Waals surface area (Å²) in [4.78, 5) is 30.7. The van der Waals surface area contributed by atoms with Crippen LogP contribution in [-0.4, -0.2) is 29.9 Å². The van der Waals surface area contributed by atoms with Crippen LogP contribution in [0, 0.1) is 5.92 Å². The van der Waals surface area contributed by atoms with Crippen molar-refractivity contribution >= 4 is 0 Å². The zero-order chi connectivity index (χ0) is 40.3. The first-order valence-electron chi connectivity index (χ1n) is 20.7. The summed E-state index contributed by atoms with van der Waals surface area (Å²) in [6, 6.07) is 63.2. The molecule has 6 heteroatoms. The van der Waals surface area contributed by atoms with Crippen molar-refractivity contribution in [2.75, 3.05) is 0 Å². The van der Waals surface area contributed by atoms with Gasteiger partial charge in [0.15, 0.2) is 34.9 Å². The fourth-order valence-electron chi connectivity index (χ4n) is 9.80. The molecule has 7 aromatic carbocycles. The second-order valence-corrected chi connectivity index (χ2v) is 15.8. The highest BCUT2D eigenvalue weighted by Crippen LogP contribution is 2.65. The van der Waals surface area contributed by atoms with Crippen LogP contribution in [0.1, 0.15) is 28.2 Å². The molecular formula is C55H36N6. The Kier molecular flexibility index (Phi) is 8.10. The van der Waals surface area contributed by atoms with Crippen LogP contribution in [0.15, 0.2) is 206 Å². The number of aromatic nitrogens is 6. The molecule has 3 atom stereocenters. The monoisotopic (exact) mass is 780 g/mol. The molecule has 1 spiro atoms. The summed E-state index contributed by atoms with van der Waals surface area (Å²) in [5.74, 6) is 4.13. The van der Waals surface area contributed by atoms with Gasteiger partial charge in [0, 0.05) is 45.2 Å². The maximum Gasteiger partial charge on any atom is 0.164 e. The normalized spacial score (nSPS) is 17.8. The summed E-state index contributed by atoms with van der Waals surface area (Å²) < 4.78 is 0. The number of hydrogen-bond acceptors (Lipinski definition) is 6. The number of benzene rings is 7. The highest BCUT2D eigenvalue weighted by molar-refractivity contribution is 5.88. The Bertz CT molecular complexity index is 3090. The summed E-state index contributed by atoms with van der Waals surface area (Å²) in [6.07, 6.45) is 9.20. The number of allylic oxidation sites excluding steroid dienone is 4. The molecule has 61 heavy (non-hydrogen) atoms. The van der Waals surface area contributed by atoms with Gasteiger partial charge in [0.2, 0.25) is 0 Å². The minimum Gasteiger partial charge on any atom is -0.208 e. The van der Waals surface area contributed by atoms with Crippen LogP contribution in [0.5, 0.6) is 0 Å². The minimum absolute atomic E-state index is 0.122. The standard InChI is InChI=1S/C55H36N6/c1-5-17-35(18-6-1)49-56-50(36-19-7-2-8-20-36)59-53(58-49)39-29-31-43-41-25-13-15-27-45(41)55(47(43)33-39)46-28-16-14-26-42(46)44-32-30-40(34-48(44)55)54-60-51(37-21-9-3-10-22-37)57-52(61-54)38-23-11-4-12-24-38/h1-34,41,45H. The Morgan fingerprint density at radius 1 is 0.311 bits per heavy atom. The van der Waals surface area contributed by atoms with Gasteiger partial charge in [0.1, 0.15) is 0 Å². The molecule has 0 saturated heterocycles. The molecule has 286 valence electrons. The predicted molar refractivity (Wildman–Crippen MR) is 242 cm³/mol. The summed E-state index contributed by atoms with van der Waals surface area (Å²) in [5.41, 5.74) is 12.7. The van der Waals surface area contributed by atoms with E-state index in [0.717, 1.165) is 33.4 Å². The third-order valence-electron chi connectivity index (χ3n) is 12.5. The van der Waals surface area contributed by atoms with Crippen molar-refractivity contribution in [1.82, 2.24) is 29.9 Å². The van der Waals surface area contributed by atoms with Crippen LogP contribution >= 0.6 is 0 Å². The van der Waals surface area contributed by atoms with E-state index in [1.54, 1.807) is 0 Å². The van der Waals surface area contributed by atoms with Crippen LogP contribution in [0.2, 0.25) is 0 Å². The smallest absolute Gasteiger partial charge is 0.164 e. The van der Waals surface area contributed by atoms with E-state index in [2.05, 4.69) is 133 Å². The highest BCUT2D eigenvalue weighted by Gasteiger charge is 2.57. The Balaban J connectivity index is 1.08. The molecule has 2 heterocycles. The first-order valence-corrected chi connectivity index (χ1v) is 20.7. The van der Waals surface area contributed by atoms with Gasteiger partial charge in [-0.3, -0.25) is 0 Å². The Morgan fingerprint density at radius 3 is 1.21 bits per heavy atom. The number of hydrogen-bond donors (Lipinski definition) is 0. The van der Waals surface area contributed by atoms with Gasteiger partial charge in [0.05, 0.1) is 5.41 Å². The zero-order valence-corrected chi connectivity index (χ0v) is 33.0. The SMILES string of the molecule is C1=CC2c3ccc(-c4nc(-c5ccccc5)nc(-c5ccccc5)n4)cc3C3(c4ccccc4-c4ccc(-c5nc(-c6ccccc6)nc(-c6ccccc6)n5)cc43)C2C=C1. The van der Waals surface area contributed by atoms with Gasteiger partial charge < -0.3 is 0 Å². The molecule has 2 aromatic heterocycles. The largest absolute Gasteiger partial charge is 0.208 e. The summed E-state index contributed by atoms with van der Waals surface area (Å²) >= 11 is 0. The molecule has 0 fully saturated rings. The summed E-state index contributed by atoms with van der Waals surface area (Å²) in [7, 11) is 0. The van der Waals surface area contributed by atoms with E-state index >= 15 is 0 Å². The maximum absolute atomic E-state index is 5.17. The fourth-order valence-corrected chi connectivity index (χ4v) is 9.80. The van der Waals surface area contributed by atoms with Gasteiger partial charge in [-0.25, -0.2) is 29.9 Å². The zero-order valence-electron chi connectivity index (χ0n) is 33.0. The fraction of sp³-hybridized carbons (Fsp3) is 0.0545. The lowest BCUT2D eigenvalue weighted by molar-refractivity contribution is 0.465. The highest BCUT2D eigenvalue weighted by atomic mass is 15.0. The second kappa shape index (κ2) is 14.1. The van der Waals surface area contributed by atoms with E-state index < -0.39 is 5.41 Å². The van der Waals surface area contributed by atoms with Crippen molar-refractivity contribution in [3.05, 3.63) is 229 Å². The quantitative estimate of drug-likeness (QED) is 0.167. The first kappa shape index (κ1) is 35.0. The van der Waals surface area contributed by atoms with Crippen LogP contribution < -0.4 is 0 Å². The molecule has 9 aromatic rings.